The summed E-state index contributed by atoms with van der Waals surface area (Å²) in [6.45, 7) is 8.56. The SMILES string of the molecule is Cc1ccc2nc(-c3ccc(C(C)C)cc3)oc2c1C. The highest BCUT2D eigenvalue weighted by Gasteiger charge is 2.11. The minimum Gasteiger partial charge on any atom is -0.436 e. The summed E-state index contributed by atoms with van der Waals surface area (Å²) in [7, 11) is 0. The first kappa shape index (κ1) is 12.9. The Morgan fingerprint density at radius 2 is 1.65 bits per heavy atom. The van der Waals surface area contributed by atoms with Gasteiger partial charge >= 0.3 is 0 Å². The highest BCUT2D eigenvalue weighted by Crippen LogP contribution is 2.28. The van der Waals surface area contributed by atoms with Crippen molar-refractivity contribution in [3.8, 4) is 11.5 Å². The van der Waals surface area contributed by atoms with E-state index in [1.54, 1.807) is 0 Å². The quantitative estimate of drug-likeness (QED) is 0.633. The smallest absolute Gasteiger partial charge is 0.227 e. The molecule has 2 heteroatoms. The van der Waals surface area contributed by atoms with E-state index in [-0.39, 0.29) is 0 Å². The van der Waals surface area contributed by atoms with Crippen molar-refractivity contribution < 1.29 is 4.42 Å². The zero-order valence-corrected chi connectivity index (χ0v) is 12.4. The van der Waals surface area contributed by atoms with Crippen LogP contribution < -0.4 is 0 Å². The fraction of sp³-hybridized carbons (Fsp3) is 0.278. The molecule has 0 saturated heterocycles. The number of fused-ring (bicyclic) bond motifs is 1. The highest BCUT2D eigenvalue weighted by atomic mass is 16.3. The van der Waals surface area contributed by atoms with Crippen LogP contribution >= 0.6 is 0 Å². The van der Waals surface area contributed by atoms with Gasteiger partial charge in [0.2, 0.25) is 5.89 Å². The van der Waals surface area contributed by atoms with Crippen molar-refractivity contribution in [2.45, 2.75) is 33.6 Å². The zero-order chi connectivity index (χ0) is 14.3. The summed E-state index contributed by atoms with van der Waals surface area (Å²) < 4.78 is 5.95. The number of benzene rings is 2. The fourth-order valence-corrected chi connectivity index (χ4v) is 2.36. The zero-order valence-electron chi connectivity index (χ0n) is 12.4. The van der Waals surface area contributed by atoms with Gasteiger partial charge in [0.05, 0.1) is 0 Å². The molecule has 2 nitrogen and oxygen atoms in total. The van der Waals surface area contributed by atoms with Crippen LogP contribution in [0.4, 0.5) is 0 Å². The summed E-state index contributed by atoms with van der Waals surface area (Å²) in [5.41, 5.74) is 6.58. The van der Waals surface area contributed by atoms with Crippen LogP contribution in [0.3, 0.4) is 0 Å². The van der Waals surface area contributed by atoms with Crippen LogP contribution in [0.2, 0.25) is 0 Å². The molecule has 0 bridgehead atoms. The maximum Gasteiger partial charge on any atom is 0.227 e. The van der Waals surface area contributed by atoms with Gasteiger partial charge < -0.3 is 4.42 Å². The molecule has 0 aliphatic carbocycles. The Labute approximate surface area is 119 Å². The number of rotatable bonds is 2. The fourth-order valence-electron chi connectivity index (χ4n) is 2.36. The van der Waals surface area contributed by atoms with Crippen LogP contribution in [0.5, 0.6) is 0 Å². The summed E-state index contributed by atoms with van der Waals surface area (Å²) in [5, 5.41) is 0. The van der Waals surface area contributed by atoms with Gasteiger partial charge in [-0.2, -0.15) is 0 Å². The van der Waals surface area contributed by atoms with Crippen molar-refractivity contribution in [3.63, 3.8) is 0 Å². The van der Waals surface area contributed by atoms with Gasteiger partial charge in [0.1, 0.15) is 5.52 Å². The van der Waals surface area contributed by atoms with E-state index in [4.69, 9.17) is 4.42 Å². The Hall–Kier alpha value is -2.09. The van der Waals surface area contributed by atoms with Gasteiger partial charge in [0.25, 0.3) is 0 Å². The van der Waals surface area contributed by atoms with Gasteiger partial charge in [0, 0.05) is 5.56 Å². The number of hydrogen-bond acceptors (Lipinski definition) is 2. The first-order chi connectivity index (χ1) is 9.56. The van der Waals surface area contributed by atoms with Crippen LogP contribution in [0.25, 0.3) is 22.6 Å². The molecule has 3 rings (SSSR count). The molecule has 3 aromatic rings. The predicted molar refractivity (Wildman–Crippen MR) is 83.0 cm³/mol. The average molecular weight is 265 g/mol. The molecule has 102 valence electrons. The van der Waals surface area contributed by atoms with E-state index < -0.39 is 0 Å². The van der Waals surface area contributed by atoms with E-state index in [2.05, 4.69) is 63.0 Å². The standard InChI is InChI=1S/C18H19NO/c1-11(2)14-6-8-15(9-7-14)18-19-16-10-5-12(3)13(4)17(16)20-18/h5-11H,1-4H3. The monoisotopic (exact) mass is 265 g/mol. The van der Waals surface area contributed by atoms with Gasteiger partial charge in [-0.1, -0.05) is 32.0 Å². The maximum atomic E-state index is 5.95. The second-order valence-electron chi connectivity index (χ2n) is 5.65. The molecule has 0 aliphatic heterocycles. The minimum absolute atomic E-state index is 0.539. The predicted octanol–water partition coefficient (Wildman–Crippen LogP) is 5.24. The van der Waals surface area contributed by atoms with Gasteiger partial charge in [-0.3, -0.25) is 0 Å². The van der Waals surface area contributed by atoms with Crippen LogP contribution in [0.1, 0.15) is 36.5 Å². The lowest BCUT2D eigenvalue weighted by atomic mass is 10.0. The molecule has 1 heterocycles. The lowest BCUT2D eigenvalue weighted by Gasteiger charge is -2.04. The Balaban J connectivity index is 2.08. The van der Waals surface area contributed by atoms with Crippen LogP contribution in [-0.4, -0.2) is 4.98 Å². The van der Waals surface area contributed by atoms with E-state index in [9.17, 15) is 0 Å². The number of aryl methyl sites for hydroxylation is 2. The molecule has 0 radical (unpaired) electrons. The summed E-state index contributed by atoms with van der Waals surface area (Å²) in [5.74, 6) is 1.24. The molecule has 1 aromatic heterocycles. The molecule has 0 N–H and O–H groups in total. The van der Waals surface area contributed by atoms with Crippen LogP contribution in [0, 0.1) is 13.8 Å². The lowest BCUT2D eigenvalue weighted by molar-refractivity contribution is 0.617. The van der Waals surface area contributed by atoms with Gasteiger partial charge in [-0.05, 0) is 54.7 Å². The Bertz CT molecular complexity index is 751. The normalized spacial score (nSPS) is 11.4. The Morgan fingerprint density at radius 3 is 2.30 bits per heavy atom. The molecular formula is C18H19NO. The van der Waals surface area contributed by atoms with Crippen molar-refractivity contribution in [2.75, 3.05) is 0 Å². The van der Waals surface area contributed by atoms with Gasteiger partial charge in [0.15, 0.2) is 5.58 Å². The van der Waals surface area contributed by atoms with Crippen molar-refractivity contribution in [1.29, 1.82) is 0 Å². The molecule has 0 saturated carbocycles. The lowest BCUT2D eigenvalue weighted by Crippen LogP contribution is -1.86. The van der Waals surface area contributed by atoms with Crippen molar-refractivity contribution in [2.24, 2.45) is 0 Å². The first-order valence-corrected chi connectivity index (χ1v) is 7.03. The summed E-state index contributed by atoms with van der Waals surface area (Å²) in [6, 6.07) is 12.6. The van der Waals surface area contributed by atoms with E-state index in [0.717, 1.165) is 16.7 Å². The molecule has 0 fully saturated rings. The third-order valence-corrected chi connectivity index (χ3v) is 3.90. The number of aromatic nitrogens is 1. The molecule has 0 amide bonds. The second-order valence-corrected chi connectivity index (χ2v) is 5.65. The summed E-state index contributed by atoms with van der Waals surface area (Å²) >= 11 is 0. The van der Waals surface area contributed by atoms with E-state index >= 15 is 0 Å². The van der Waals surface area contributed by atoms with E-state index in [0.29, 0.717) is 11.8 Å². The second kappa shape index (κ2) is 4.78. The van der Waals surface area contributed by atoms with Crippen molar-refractivity contribution >= 4 is 11.1 Å². The number of hydrogen-bond donors (Lipinski definition) is 0. The Morgan fingerprint density at radius 1 is 0.950 bits per heavy atom. The van der Waals surface area contributed by atoms with Gasteiger partial charge in [-0.15, -0.1) is 0 Å². The maximum absolute atomic E-state index is 5.95. The molecule has 20 heavy (non-hydrogen) atoms. The van der Waals surface area contributed by atoms with Crippen LogP contribution in [0.15, 0.2) is 40.8 Å². The molecular weight excluding hydrogens is 246 g/mol. The summed E-state index contributed by atoms with van der Waals surface area (Å²) in [6.07, 6.45) is 0. The van der Waals surface area contributed by atoms with Crippen LogP contribution in [-0.2, 0) is 0 Å². The number of oxazole rings is 1. The first-order valence-electron chi connectivity index (χ1n) is 7.03. The largest absolute Gasteiger partial charge is 0.436 e. The Kier molecular flexibility index (Phi) is 3.09. The highest BCUT2D eigenvalue weighted by molar-refractivity contribution is 5.80. The molecule has 0 spiro atoms. The minimum atomic E-state index is 0.539. The molecule has 2 aromatic carbocycles. The van der Waals surface area contributed by atoms with Gasteiger partial charge in [-0.25, -0.2) is 4.98 Å². The van der Waals surface area contributed by atoms with E-state index in [1.807, 2.05) is 6.07 Å². The summed E-state index contributed by atoms with van der Waals surface area (Å²) in [4.78, 5) is 4.59. The van der Waals surface area contributed by atoms with E-state index in [1.165, 1.54) is 16.7 Å². The third-order valence-electron chi connectivity index (χ3n) is 3.90. The molecule has 0 aliphatic rings. The number of nitrogens with zero attached hydrogens (tertiary/aromatic N) is 1. The van der Waals surface area contributed by atoms with Crippen molar-refractivity contribution in [1.82, 2.24) is 4.98 Å². The molecule has 0 atom stereocenters. The third kappa shape index (κ3) is 2.11. The topological polar surface area (TPSA) is 26.0 Å². The average Bonchev–Trinajstić information content (AvgIpc) is 2.88. The van der Waals surface area contributed by atoms with Crippen molar-refractivity contribution in [3.05, 3.63) is 53.1 Å². The molecule has 0 unspecified atom stereocenters.